The van der Waals surface area contributed by atoms with Crippen LogP contribution in [0.1, 0.15) is 20.8 Å². The Labute approximate surface area is 157 Å². The van der Waals surface area contributed by atoms with Crippen LogP contribution in [-0.4, -0.2) is 22.1 Å². The first kappa shape index (κ1) is 18.2. The number of pyridine rings is 1. The summed E-state index contributed by atoms with van der Waals surface area (Å²) in [5, 5.41) is 3.27. The lowest BCUT2D eigenvalue weighted by atomic mass is 10.1. The van der Waals surface area contributed by atoms with Gasteiger partial charge >= 0.3 is 0 Å². The number of ether oxygens (including phenoxy) is 1. The van der Waals surface area contributed by atoms with E-state index in [1.54, 1.807) is 12.4 Å². The molecule has 3 rings (SSSR count). The predicted octanol–water partition coefficient (Wildman–Crippen LogP) is 4.22. The second kappa shape index (κ2) is 7.74. The summed E-state index contributed by atoms with van der Waals surface area (Å²) in [6.07, 6.45) is 3.38. The van der Waals surface area contributed by atoms with Crippen LogP contribution in [0.2, 0.25) is 0 Å². The highest BCUT2D eigenvalue weighted by Crippen LogP contribution is 2.33. The Kier molecular flexibility index (Phi) is 5.42. The van der Waals surface area contributed by atoms with Crippen LogP contribution in [0.5, 0.6) is 5.75 Å². The standard InChI is InChI=1S/C20H23N3O2S/c1-20(2,3)23-19(24)17(18(26-23)15-8-5-4-6-9-15)22-12-13-25-16-10-7-11-21-14-16/h4-11,14,22H,12-13H2,1-3H3. The van der Waals surface area contributed by atoms with E-state index in [9.17, 15) is 4.79 Å². The number of anilines is 1. The normalized spacial score (nSPS) is 11.3. The Morgan fingerprint density at radius 1 is 1.15 bits per heavy atom. The van der Waals surface area contributed by atoms with Gasteiger partial charge in [-0.25, -0.2) is 0 Å². The van der Waals surface area contributed by atoms with Crippen LogP contribution < -0.4 is 15.6 Å². The van der Waals surface area contributed by atoms with Crippen LogP contribution in [0.4, 0.5) is 5.69 Å². The quantitative estimate of drug-likeness (QED) is 0.661. The molecule has 0 saturated carbocycles. The lowest BCUT2D eigenvalue weighted by Crippen LogP contribution is -2.30. The summed E-state index contributed by atoms with van der Waals surface area (Å²) in [4.78, 5) is 17.9. The fraction of sp³-hybridized carbons (Fsp3) is 0.300. The van der Waals surface area contributed by atoms with E-state index < -0.39 is 0 Å². The van der Waals surface area contributed by atoms with Gasteiger partial charge in [-0.2, -0.15) is 0 Å². The molecule has 0 atom stereocenters. The molecule has 1 aromatic carbocycles. The van der Waals surface area contributed by atoms with Crippen molar-refractivity contribution in [1.82, 2.24) is 8.94 Å². The fourth-order valence-corrected chi connectivity index (χ4v) is 3.66. The Balaban J connectivity index is 1.81. The van der Waals surface area contributed by atoms with Crippen molar-refractivity contribution in [3.8, 4) is 16.2 Å². The molecule has 2 heterocycles. The van der Waals surface area contributed by atoms with Crippen LogP contribution in [0.15, 0.2) is 59.7 Å². The molecule has 0 radical (unpaired) electrons. The topological polar surface area (TPSA) is 56.1 Å². The Bertz CT molecular complexity index is 896. The first-order valence-electron chi connectivity index (χ1n) is 8.56. The van der Waals surface area contributed by atoms with Gasteiger partial charge in [-0.15, -0.1) is 0 Å². The number of hydrogen-bond acceptors (Lipinski definition) is 5. The van der Waals surface area contributed by atoms with Crippen molar-refractivity contribution in [3.05, 3.63) is 65.2 Å². The van der Waals surface area contributed by atoms with E-state index in [1.165, 1.54) is 11.5 Å². The fourth-order valence-electron chi connectivity index (χ4n) is 2.54. The number of benzene rings is 1. The molecular formula is C20H23N3O2S. The third-order valence-electron chi connectivity index (χ3n) is 3.76. The molecular weight excluding hydrogens is 346 g/mol. The molecule has 0 unspecified atom stereocenters. The van der Waals surface area contributed by atoms with Crippen LogP contribution in [0, 0.1) is 0 Å². The minimum atomic E-state index is -0.266. The van der Waals surface area contributed by atoms with Gasteiger partial charge in [0.25, 0.3) is 5.56 Å². The van der Waals surface area contributed by atoms with Gasteiger partial charge in [-0.1, -0.05) is 41.9 Å². The SMILES string of the molecule is CC(C)(C)n1sc(-c2ccccc2)c(NCCOc2cccnc2)c1=O. The van der Waals surface area contributed by atoms with E-state index >= 15 is 0 Å². The van der Waals surface area contributed by atoms with E-state index in [0.29, 0.717) is 18.8 Å². The predicted molar refractivity (Wildman–Crippen MR) is 107 cm³/mol. The van der Waals surface area contributed by atoms with Crippen LogP contribution in [0.3, 0.4) is 0 Å². The smallest absolute Gasteiger partial charge is 0.285 e. The van der Waals surface area contributed by atoms with Crippen LogP contribution in [0.25, 0.3) is 10.4 Å². The zero-order chi connectivity index (χ0) is 18.6. The number of hydrogen-bond donors (Lipinski definition) is 1. The zero-order valence-electron chi connectivity index (χ0n) is 15.2. The Morgan fingerprint density at radius 2 is 1.92 bits per heavy atom. The summed E-state index contributed by atoms with van der Waals surface area (Å²) >= 11 is 1.49. The largest absolute Gasteiger partial charge is 0.490 e. The molecule has 0 aliphatic heterocycles. The first-order chi connectivity index (χ1) is 12.5. The molecule has 5 nitrogen and oxygen atoms in total. The van der Waals surface area contributed by atoms with Crippen molar-refractivity contribution in [2.45, 2.75) is 26.3 Å². The minimum absolute atomic E-state index is 0.00253. The summed E-state index contributed by atoms with van der Waals surface area (Å²) in [5.41, 5.74) is 1.40. The van der Waals surface area contributed by atoms with Crippen LogP contribution >= 0.6 is 11.5 Å². The number of nitrogens with zero attached hydrogens (tertiary/aromatic N) is 2. The van der Waals surface area contributed by atoms with Crippen molar-refractivity contribution >= 4 is 17.2 Å². The number of nitrogens with one attached hydrogen (secondary N) is 1. The monoisotopic (exact) mass is 369 g/mol. The van der Waals surface area contributed by atoms with Gasteiger partial charge in [0.05, 0.1) is 16.6 Å². The van der Waals surface area contributed by atoms with Crippen molar-refractivity contribution in [2.75, 3.05) is 18.5 Å². The second-order valence-electron chi connectivity index (χ2n) is 6.90. The third kappa shape index (κ3) is 4.14. The average Bonchev–Trinajstić information content (AvgIpc) is 2.97. The molecule has 0 amide bonds. The molecule has 136 valence electrons. The van der Waals surface area contributed by atoms with Gasteiger partial charge in [-0.05, 0) is 38.5 Å². The van der Waals surface area contributed by atoms with E-state index in [-0.39, 0.29) is 11.1 Å². The summed E-state index contributed by atoms with van der Waals surface area (Å²) in [6.45, 7) is 7.09. The van der Waals surface area contributed by atoms with Gasteiger partial charge in [0.2, 0.25) is 0 Å². The lowest BCUT2D eigenvalue weighted by molar-refractivity contribution is 0.331. The average molecular weight is 369 g/mol. The van der Waals surface area contributed by atoms with Crippen LogP contribution in [-0.2, 0) is 5.54 Å². The molecule has 0 saturated heterocycles. The van der Waals surface area contributed by atoms with Gasteiger partial charge in [0.15, 0.2) is 0 Å². The minimum Gasteiger partial charge on any atom is -0.490 e. The van der Waals surface area contributed by atoms with E-state index in [2.05, 4.69) is 10.3 Å². The summed E-state index contributed by atoms with van der Waals surface area (Å²) < 4.78 is 7.48. The maximum atomic E-state index is 12.9. The highest BCUT2D eigenvalue weighted by atomic mass is 32.1. The Hall–Kier alpha value is -2.60. The molecule has 2 aromatic heterocycles. The van der Waals surface area contributed by atoms with Gasteiger partial charge in [0, 0.05) is 12.7 Å². The lowest BCUT2D eigenvalue weighted by Gasteiger charge is -2.18. The molecule has 0 fully saturated rings. The third-order valence-corrected chi connectivity index (χ3v) is 5.28. The molecule has 1 N–H and O–H groups in total. The van der Waals surface area contributed by atoms with Crippen molar-refractivity contribution in [1.29, 1.82) is 0 Å². The summed E-state index contributed by atoms with van der Waals surface area (Å²) in [6, 6.07) is 13.7. The number of aromatic nitrogens is 2. The highest BCUT2D eigenvalue weighted by molar-refractivity contribution is 7.11. The van der Waals surface area contributed by atoms with Crippen molar-refractivity contribution < 1.29 is 4.74 Å². The maximum Gasteiger partial charge on any atom is 0.285 e. The molecule has 26 heavy (non-hydrogen) atoms. The van der Waals surface area contributed by atoms with Gasteiger partial charge < -0.3 is 10.1 Å². The van der Waals surface area contributed by atoms with Crippen molar-refractivity contribution in [3.63, 3.8) is 0 Å². The Morgan fingerprint density at radius 3 is 2.58 bits per heavy atom. The number of rotatable bonds is 6. The molecule has 0 spiro atoms. The molecule has 0 aliphatic carbocycles. The van der Waals surface area contributed by atoms with E-state index in [4.69, 9.17) is 4.74 Å². The summed E-state index contributed by atoms with van der Waals surface area (Å²) in [5.74, 6) is 0.718. The van der Waals surface area contributed by atoms with E-state index in [1.807, 2.05) is 67.2 Å². The zero-order valence-corrected chi connectivity index (χ0v) is 16.0. The molecule has 6 heteroatoms. The maximum absolute atomic E-state index is 12.9. The second-order valence-corrected chi connectivity index (χ2v) is 7.85. The molecule has 0 bridgehead atoms. The molecule has 0 aliphatic rings. The summed E-state index contributed by atoms with van der Waals surface area (Å²) in [7, 11) is 0. The highest BCUT2D eigenvalue weighted by Gasteiger charge is 2.23. The van der Waals surface area contributed by atoms with E-state index in [0.717, 1.165) is 16.2 Å². The van der Waals surface area contributed by atoms with Crippen molar-refractivity contribution in [2.24, 2.45) is 0 Å². The molecule has 3 aromatic rings. The van der Waals surface area contributed by atoms with Gasteiger partial charge in [-0.3, -0.25) is 13.7 Å². The first-order valence-corrected chi connectivity index (χ1v) is 9.33. The van der Waals surface area contributed by atoms with Gasteiger partial charge in [0.1, 0.15) is 18.0 Å².